The Morgan fingerprint density at radius 2 is 2.06 bits per heavy atom. The molecule has 0 amide bonds. The molecule has 1 heterocycles. The molecule has 1 aromatic carbocycles. The molecule has 2 atom stereocenters. The van der Waals surface area contributed by atoms with E-state index in [9.17, 15) is 0 Å². The second-order valence-electron chi connectivity index (χ2n) is 5.11. The lowest BCUT2D eigenvalue weighted by Crippen LogP contribution is -2.21. The third kappa shape index (κ3) is 3.16. The maximum absolute atomic E-state index is 5.60. The number of benzene rings is 1. The van der Waals surface area contributed by atoms with Gasteiger partial charge in [0.1, 0.15) is 0 Å². The molecule has 2 rings (SSSR count). The van der Waals surface area contributed by atoms with Crippen molar-refractivity contribution in [2.75, 3.05) is 13.2 Å². The van der Waals surface area contributed by atoms with Gasteiger partial charge < -0.3 is 4.74 Å². The Hall–Kier alpha value is -0.340. The number of halogens is 1. The fourth-order valence-corrected chi connectivity index (χ4v) is 3.46. The standard InChI is InChI=1S/C16H23BrO/c1-3-12-7-8-14(10-13(12)4-2)16(17)15-6-5-9-18-11-15/h7-8,10,15-16H,3-6,9,11H2,1-2H3. The smallest absolute Gasteiger partial charge is 0.0508 e. The molecule has 1 nitrogen and oxygen atoms in total. The first kappa shape index (κ1) is 14.1. The molecule has 0 aliphatic carbocycles. The van der Waals surface area contributed by atoms with Gasteiger partial charge in [-0.25, -0.2) is 0 Å². The van der Waals surface area contributed by atoms with Crippen molar-refractivity contribution >= 4 is 15.9 Å². The minimum absolute atomic E-state index is 0.439. The normalized spacial score (nSPS) is 21.8. The first-order valence-electron chi connectivity index (χ1n) is 7.09. The summed E-state index contributed by atoms with van der Waals surface area (Å²) in [4.78, 5) is 0.439. The monoisotopic (exact) mass is 310 g/mol. The summed E-state index contributed by atoms with van der Waals surface area (Å²) in [5.74, 6) is 0.621. The summed E-state index contributed by atoms with van der Waals surface area (Å²) in [7, 11) is 0. The van der Waals surface area contributed by atoms with Crippen LogP contribution in [0, 0.1) is 5.92 Å². The van der Waals surface area contributed by atoms with E-state index in [4.69, 9.17) is 4.74 Å². The number of rotatable bonds is 4. The van der Waals surface area contributed by atoms with E-state index in [0.29, 0.717) is 10.7 Å². The summed E-state index contributed by atoms with van der Waals surface area (Å²) in [6.45, 7) is 6.30. The van der Waals surface area contributed by atoms with Crippen LogP contribution in [0.5, 0.6) is 0 Å². The van der Waals surface area contributed by atoms with Crippen LogP contribution >= 0.6 is 15.9 Å². The van der Waals surface area contributed by atoms with E-state index in [2.05, 4.69) is 48.0 Å². The molecule has 0 N–H and O–H groups in total. The largest absolute Gasteiger partial charge is 0.381 e. The summed E-state index contributed by atoms with van der Waals surface area (Å²) in [5, 5.41) is 0. The highest BCUT2D eigenvalue weighted by Crippen LogP contribution is 2.36. The highest BCUT2D eigenvalue weighted by Gasteiger charge is 2.23. The maximum Gasteiger partial charge on any atom is 0.0508 e. The highest BCUT2D eigenvalue weighted by atomic mass is 79.9. The van der Waals surface area contributed by atoms with Gasteiger partial charge in [-0.15, -0.1) is 0 Å². The first-order chi connectivity index (χ1) is 8.76. The summed E-state index contributed by atoms with van der Waals surface area (Å²) in [6.07, 6.45) is 4.72. The molecule has 100 valence electrons. The molecule has 1 aliphatic rings. The van der Waals surface area contributed by atoms with Gasteiger partial charge in [-0.3, -0.25) is 0 Å². The zero-order valence-corrected chi connectivity index (χ0v) is 13.0. The van der Waals surface area contributed by atoms with Crippen molar-refractivity contribution in [1.82, 2.24) is 0 Å². The Morgan fingerprint density at radius 3 is 2.67 bits per heavy atom. The van der Waals surface area contributed by atoms with E-state index >= 15 is 0 Å². The number of hydrogen-bond acceptors (Lipinski definition) is 1. The molecule has 1 fully saturated rings. The van der Waals surface area contributed by atoms with Gasteiger partial charge in [0.15, 0.2) is 0 Å². The van der Waals surface area contributed by atoms with Gasteiger partial charge in [-0.05, 0) is 48.3 Å². The third-order valence-electron chi connectivity index (χ3n) is 3.92. The van der Waals surface area contributed by atoms with Gasteiger partial charge in [-0.2, -0.15) is 0 Å². The second-order valence-corrected chi connectivity index (χ2v) is 6.10. The van der Waals surface area contributed by atoms with Gasteiger partial charge in [-0.1, -0.05) is 48.0 Å². The SMILES string of the molecule is CCc1ccc(C(Br)C2CCCOC2)cc1CC. The van der Waals surface area contributed by atoms with E-state index in [0.717, 1.165) is 26.1 Å². The van der Waals surface area contributed by atoms with Crippen molar-refractivity contribution in [3.63, 3.8) is 0 Å². The highest BCUT2D eigenvalue weighted by molar-refractivity contribution is 9.09. The molecule has 0 spiro atoms. The van der Waals surface area contributed by atoms with Crippen LogP contribution < -0.4 is 0 Å². The minimum Gasteiger partial charge on any atom is -0.381 e. The molecule has 1 saturated heterocycles. The quantitative estimate of drug-likeness (QED) is 0.734. The Labute approximate surface area is 119 Å². The summed E-state index contributed by atoms with van der Waals surface area (Å²) in [5.41, 5.74) is 4.40. The average molecular weight is 311 g/mol. The molecule has 0 aromatic heterocycles. The molecule has 1 aromatic rings. The summed E-state index contributed by atoms with van der Waals surface area (Å²) < 4.78 is 5.60. The van der Waals surface area contributed by atoms with E-state index < -0.39 is 0 Å². The van der Waals surface area contributed by atoms with Crippen molar-refractivity contribution < 1.29 is 4.74 Å². The number of hydrogen-bond donors (Lipinski definition) is 0. The summed E-state index contributed by atoms with van der Waals surface area (Å²) in [6, 6.07) is 6.96. The van der Waals surface area contributed by atoms with E-state index in [-0.39, 0.29) is 0 Å². The molecule has 2 unspecified atom stereocenters. The molecule has 0 saturated carbocycles. The fourth-order valence-electron chi connectivity index (χ4n) is 2.76. The lowest BCUT2D eigenvalue weighted by molar-refractivity contribution is 0.0546. The summed E-state index contributed by atoms with van der Waals surface area (Å²) >= 11 is 3.88. The van der Waals surface area contributed by atoms with Crippen molar-refractivity contribution in [3.05, 3.63) is 34.9 Å². The second kappa shape index (κ2) is 6.72. The Morgan fingerprint density at radius 1 is 1.28 bits per heavy atom. The van der Waals surface area contributed by atoms with Crippen LogP contribution in [0.2, 0.25) is 0 Å². The van der Waals surface area contributed by atoms with Gasteiger partial charge in [0.2, 0.25) is 0 Å². The van der Waals surface area contributed by atoms with Crippen molar-refractivity contribution in [1.29, 1.82) is 0 Å². The van der Waals surface area contributed by atoms with Crippen molar-refractivity contribution in [2.24, 2.45) is 5.92 Å². The Kier molecular flexibility index (Phi) is 5.25. The van der Waals surface area contributed by atoms with E-state index in [1.54, 1.807) is 0 Å². The minimum atomic E-state index is 0.439. The van der Waals surface area contributed by atoms with Gasteiger partial charge in [0.25, 0.3) is 0 Å². The fraction of sp³-hybridized carbons (Fsp3) is 0.625. The Balaban J connectivity index is 2.16. The van der Waals surface area contributed by atoms with Crippen LogP contribution in [0.3, 0.4) is 0 Å². The number of ether oxygens (including phenoxy) is 1. The third-order valence-corrected chi connectivity index (χ3v) is 5.20. The van der Waals surface area contributed by atoms with Crippen LogP contribution in [0.4, 0.5) is 0 Å². The lowest BCUT2D eigenvalue weighted by Gasteiger charge is -2.27. The zero-order valence-electron chi connectivity index (χ0n) is 11.4. The number of aryl methyl sites for hydroxylation is 2. The van der Waals surface area contributed by atoms with Crippen LogP contribution in [0.15, 0.2) is 18.2 Å². The lowest BCUT2D eigenvalue weighted by atomic mass is 9.91. The molecule has 0 bridgehead atoms. The van der Waals surface area contributed by atoms with Crippen LogP contribution in [0.1, 0.15) is 48.2 Å². The molecule has 2 heteroatoms. The van der Waals surface area contributed by atoms with Crippen LogP contribution in [-0.2, 0) is 17.6 Å². The average Bonchev–Trinajstić information content (AvgIpc) is 2.46. The number of alkyl halides is 1. The predicted octanol–water partition coefficient (Wildman–Crippen LogP) is 4.67. The zero-order chi connectivity index (χ0) is 13.0. The van der Waals surface area contributed by atoms with E-state index in [1.165, 1.54) is 29.5 Å². The predicted molar refractivity (Wildman–Crippen MR) is 80.4 cm³/mol. The molecular formula is C16H23BrO. The van der Waals surface area contributed by atoms with Gasteiger partial charge >= 0.3 is 0 Å². The topological polar surface area (TPSA) is 9.23 Å². The molecule has 0 radical (unpaired) electrons. The molecule has 18 heavy (non-hydrogen) atoms. The van der Waals surface area contributed by atoms with Gasteiger partial charge in [0.05, 0.1) is 6.61 Å². The maximum atomic E-state index is 5.60. The molecular weight excluding hydrogens is 288 g/mol. The van der Waals surface area contributed by atoms with Crippen LogP contribution in [0.25, 0.3) is 0 Å². The first-order valence-corrected chi connectivity index (χ1v) is 8.01. The van der Waals surface area contributed by atoms with Crippen molar-refractivity contribution in [3.8, 4) is 0 Å². The Bertz CT molecular complexity index is 383. The van der Waals surface area contributed by atoms with Gasteiger partial charge in [0, 0.05) is 11.4 Å². The van der Waals surface area contributed by atoms with Crippen molar-refractivity contribution in [2.45, 2.75) is 44.4 Å². The van der Waals surface area contributed by atoms with E-state index in [1.807, 2.05) is 0 Å². The molecule has 1 aliphatic heterocycles. The van der Waals surface area contributed by atoms with Crippen LogP contribution in [-0.4, -0.2) is 13.2 Å².